The zero-order chi connectivity index (χ0) is 22.4. The number of hydrogen-bond donors (Lipinski definition) is 2. The van der Waals surface area contributed by atoms with E-state index in [9.17, 15) is 19.2 Å². The second-order valence-electron chi connectivity index (χ2n) is 7.01. The van der Waals surface area contributed by atoms with Crippen LogP contribution in [0, 0.1) is 5.92 Å². The lowest BCUT2D eigenvalue weighted by atomic mass is 9.89. The Kier molecular flexibility index (Phi) is 7.85. The lowest BCUT2D eigenvalue weighted by Crippen LogP contribution is -2.36. The summed E-state index contributed by atoms with van der Waals surface area (Å²) in [5.74, 6) is -1.44. The van der Waals surface area contributed by atoms with Crippen LogP contribution < -0.4 is 10.6 Å². The molecule has 0 aliphatic heterocycles. The Labute approximate surface area is 187 Å². The van der Waals surface area contributed by atoms with Crippen LogP contribution in [0.25, 0.3) is 0 Å². The van der Waals surface area contributed by atoms with E-state index >= 15 is 0 Å². The van der Waals surface area contributed by atoms with Gasteiger partial charge >= 0.3 is 5.97 Å². The molecule has 9 nitrogen and oxygen atoms in total. The summed E-state index contributed by atoms with van der Waals surface area (Å²) in [6.07, 6.45) is 2.07. The fourth-order valence-electron chi connectivity index (χ4n) is 3.14. The molecular formula is C20H24N4O5S2. The van der Waals surface area contributed by atoms with Crippen LogP contribution in [0.1, 0.15) is 64.0 Å². The van der Waals surface area contributed by atoms with E-state index in [1.54, 1.807) is 12.3 Å². The quantitative estimate of drug-likeness (QED) is 0.546. The Hall–Kier alpha value is -2.66. The molecule has 0 radical (unpaired) electrons. The Morgan fingerprint density at radius 3 is 2.77 bits per heavy atom. The highest BCUT2D eigenvalue weighted by atomic mass is 32.1. The van der Waals surface area contributed by atoms with Crippen molar-refractivity contribution >= 4 is 51.4 Å². The summed E-state index contributed by atoms with van der Waals surface area (Å²) in [5.41, 5.74) is 0.830. The van der Waals surface area contributed by atoms with E-state index in [2.05, 4.69) is 20.6 Å². The molecule has 2 aromatic rings. The van der Waals surface area contributed by atoms with E-state index in [-0.39, 0.29) is 36.3 Å². The van der Waals surface area contributed by atoms with E-state index < -0.39 is 11.9 Å². The van der Waals surface area contributed by atoms with Gasteiger partial charge in [0, 0.05) is 37.6 Å². The number of nitrogens with zero attached hydrogens (tertiary/aromatic N) is 2. The van der Waals surface area contributed by atoms with Gasteiger partial charge in [-0.3, -0.25) is 14.4 Å². The Morgan fingerprint density at radius 1 is 1.23 bits per heavy atom. The van der Waals surface area contributed by atoms with Crippen LogP contribution in [-0.2, 0) is 27.2 Å². The van der Waals surface area contributed by atoms with Crippen LogP contribution >= 0.6 is 22.7 Å². The molecule has 0 saturated heterocycles. The van der Waals surface area contributed by atoms with Gasteiger partial charge in [-0.15, -0.1) is 11.3 Å². The highest BCUT2D eigenvalue weighted by molar-refractivity contribution is 7.17. The molecular weight excluding hydrogens is 440 g/mol. The average molecular weight is 465 g/mol. The first kappa shape index (κ1) is 23.0. The molecule has 0 spiro atoms. The monoisotopic (exact) mass is 464 g/mol. The van der Waals surface area contributed by atoms with Crippen molar-refractivity contribution in [2.24, 2.45) is 5.92 Å². The summed E-state index contributed by atoms with van der Waals surface area (Å²) in [6.45, 7) is 4.28. The number of fused-ring (bicyclic) bond motifs is 1. The molecule has 3 rings (SSSR count). The van der Waals surface area contributed by atoms with Crippen molar-refractivity contribution in [3.8, 4) is 0 Å². The van der Waals surface area contributed by atoms with E-state index in [0.29, 0.717) is 41.5 Å². The van der Waals surface area contributed by atoms with Gasteiger partial charge in [-0.1, -0.05) is 18.3 Å². The largest absolute Gasteiger partial charge is 0.461 e. The number of aromatic nitrogens is 2. The van der Waals surface area contributed by atoms with E-state index in [4.69, 9.17) is 4.74 Å². The van der Waals surface area contributed by atoms with Crippen molar-refractivity contribution in [3.63, 3.8) is 0 Å². The zero-order valence-electron chi connectivity index (χ0n) is 17.4. The molecule has 0 aromatic carbocycles. The minimum atomic E-state index is -0.493. The van der Waals surface area contributed by atoms with Crippen LogP contribution in [0.2, 0.25) is 0 Å². The molecule has 0 saturated carbocycles. The number of ether oxygens (including phenoxy) is 1. The fourth-order valence-corrected chi connectivity index (χ4v) is 4.86. The lowest BCUT2D eigenvalue weighted by molar-refractivity contribution is -0.125. The van der Waals surface area contributed by atoms with E-state index in [1.165, 1.54) is 22.7 Å². The maximum atomic E-state index is 12.6. The van der Waals surface area contributed by atoms with E-state index in [0.717, 1.165) is 11.4 Å². The number of carbonyl (C=O) groups excluding carboxylic acids is 4. The molecule has 2 aromatic heterocycles. The molecule has 166 valence electrons. The average Bonchev–Trinajstić information content (AvgIpc) is 3.35. The topological polar surface area (TPSA) is 127 Å². The van der Waals surface area contributed by atoms with Gasteiger partial charge in [0.25, 0.3) is 0 Å². The van der Waals surface area contributed by atoms with E-state index in [1.807, 2.05) is 6.92 Å². The van der Waals surface area contributed by atoms with Crippen molar-refractivity contribution in [1.82, 2.24) is 15.3 Å². The third kappa shape index (κ3) is 5.95. The molecule has 1 unspecified atom stereocenters. The van der Waals surface area contributed by atoms with Gasteiger partial charge in [0.2, 0.25) is 11.8 Å². The normalized spacial score (nSPS) is 15.3. The molecule has 1 aliphatic rings. The van der Waals surface area contributed by atoms with Crippen LogP contribution in [0.4, 0.5) is 5.13 Å². The highest BCUT2D eigenvalue weighted by Crippen LogP contribution is 2.32. The maximum absolute atomic E-state index is 12.6. The Balaban J connectivity index is 1.52. The van der Waals surface area contributed by atoms with Gasteiger partial charge in [-0.05, 0) is 13.3 Å². The number of amides is 2. The third-order valence-corrected chi connectivity index (χ3v) is 6.55. The molecule has 2 amide bonds. The molecule has 1 atom stereocenters. The molecule has 1 aliphatic carbocycles. The molecule has 2 heterocycles. The summed E-state index contributed by atoms with van der Waals surface area (Å²) < 4.78 is 4.91. The third-order valence-electron chi connectivity index (χ3n) is 4.59. The van der Waals surface area contributed by atoms with Gasteiger partial charge in [0.15, 0.2) is 16.6 Å². The van der Waals surface area contributed by atoms with Crippen molar-refractivity contribution in [3.05, 3.63) is 26.7 Å². The summed E-state index contributed by atoms with van der Waals surface area (Å²) >= 11 is 2.50. The molecule has 2 N–H and O–H groups in total. The second-order valence-corrected chi connectivity index (χ2v) is 8.95. The lowest BCUT2D eigenvalue weighted by Gasteiger charge is -2.19. The fraction of sp³-hybridized carbons (Fsp3) is 0.500. The first-order valence-electron chi connectivity index (χ1n) is 10.1. The predicted octanol–water partition coefficient (Wildman–Crippen LogP) is 2.62. The molecule has 31 heavy (non-hydrogen) atoms. The highest BCUT2D eigenvalue weighted by Gasteiger charge is 2.33. The Morgan fingerprint density at radius 2 is 2.03 bits per heavy atom. The molecule has 0 fully saturated rings. The van der Waals surface area contributed by atoms with Gasteiger partial charge in [0.1, 0.15) is 0 Å². The van der Waals surface area contributed by atoms with Crippen molar-refractivity contribution < 1.29 is 23.9 Å². The second kappa shape index (κ2) is 10.6. The van der Waals surface area contributed by atoms with Crippen LogP contribution in [-0.4, -0.2) is 46.7 Å². The minimum Gasteiger partial charge on any atom is -0.461 e. The number of hydrogen-bond acceptors (Lipinski definition) is 9. The molecule has 11 heteroatoms. The summed E-state index contributed by atoms with van der Waals surface area (Å²) in [5, 5.41) is 8.30. The smallest absolute Gasteiger partial charge is 0.357 e. The van der Waals surface area contributed by atoms with Crippen LogP contribution in [0.15, 0.2) is 5.38 Å². The number of rotatable bonds is 9. The van der Waals surface area contributed by atoms with Crippen LogP contribution in [0.3, 0.4) is 0 Å². The standard InChI is InChI=1S/C20H24N4O5S2/c1-3-5-15(26)24-20-23-12-8-11(9-14(25)17(12)31-20)18(27)21-7-6-16-22-13(10-30-16)19(28)29-4-2/h10-11H,3-9H2,1-2H3,(H,21,27)(H,23,24,26). The van der Waals surface area contributed by atoms with Gasteiger partial charge in [-0.2, -0.15) is 0 Å². The number of esters is 1. The van der Waals surface area contributed by atoms with Crippen molar-refractivity contribution in [2.45, 2.75) is 46.0 Å². The van der Waals surface area contributed by atoms with Crippen molar-refractivity contribution in [2.75, 3.05) is 18.5 Å². The zero-order valence-corrected chi connectivity index (χ0v) is 19.0. The summed E-state index contributed by atoms with van der Waals surface area (Å²) in [7, 11) is 0. The first-order chi connectivity index (χ1) is 14.9. The number of ketones is 1. The number of carbonyl (C=O) groups is 4. The van der Waals surface area contributed by atoms with Crippen molar-refractivity contribution in [1.29, 1.82) is 0 Å². The SMILES string of the molecule is CCCC(=O)Nc1nc2c(s1)C(=O)CC(C(=O)NCCc1nc(C(=O)OCC)cs1)C2. The van der Waals surface area contributed by atoms with Gasteiger partial charge in [-0.25, -0.2) is 14.8 Å². The minimum absolute atomic E-state index is 0.119. The number of Topliss-reactive ketones (excluding diaryl/α,β-unsaturated/α-hetero) is 1. The number of anilines is 1. The van der Waals surface area contributed by atoms with Gasteiger partial charge in [0.05, 0.1) is 28.1 Å². The first-order valence-corrected chi connectivity index (χ1v) is 11.8. The van der Waals surface area contributed by atoms with Gasteiger partial charge < -0.3 is 15.4 Å². The predicted molar refractivity (Wildman–Crippen MR) is 117 cm³/mol. The Bertz CT molecular complexity index is 984. The number of thiazole rings is 2. The van der Waals surface area contributed by atoms with Crippen LogP contribution in [0.5, 0.6) is 0 Å². The summed E-state index contributed by atoms with van der Waals surface area (Å²) in [4.78, 5) is 57.5. The molecule has 0 bridgehead atoms. The summed E-state index contributed by atoms with van der Waals surface area (Å²) in [6, 6.07) is 0. The number of nitrogens with one attached hydrogen (secondary N) is 2. The maximum Gasteiger partial charge on any atom is 0.357 e.